The standard InChI is InChI=1S/C15H25N3S/c1-2-3-12-4-5-13-14(10-12)19-15(17-13)11-18-8-6-16-7-9-18/h12,16H,2-11H2,1H3. The van der Waals surface area contributed by atoms with Crippen LogP contribution in [0.4, 0.5) is 0 Å². The molecule has 0 saturated carbocycles. The van der Waals surface area contributed by atoms with Gasteiger partial charge in [0.2, 0.25) is 0 Å². The molecule has 1 saturated heterocycles. The number of thiazole rings is 1. The van der Waals surface area contributed by atoms with Crippen LogP contribution < -0.4 is 5.32 Å². The zero-order chi connectivity index (χ0) is 13.1. The first-order chi connectivity index (χ1) is 9.35. The van der Waals surface area contributed by atoms with Crippen molar-refractivity contribution in [2.45, 2.75) is 45.6 Å². The molecule has 2 heterocycles. The molecule has 106 valence electrons. The summed E-state index contributed by atoms with van der Waals surface area (Å²) in [6.07, 6.45) is 6.59. The van der Waals surface area contributed by atoms with Crippen molar-refractivity contribution in [3.8, 4) is 0 Å². The molecular weight excluding hydrogens is 254 g/mol. The second-order valence-corrected chi connectivity index (χ2v) is 7.07. The maximum atomic E-state index is 4.90. The van der Waals surface area contributed by atoms with Crippen molar-refractivity contribution in [2.75, 3.05) is 26.2 Å². The lowest BCUT2D eigenvalue weighted by Gasteiger charge is -2.26. The van der Waals surface area contributed by atoms with E-state index in [2.05, 4.69) is 17.1 Å². The van der Waals surface area contributed by atoms with Crippen LogP contribution in [0.15, 0.2) is 0 Å². The van der Waals surface area contributed by atoms with Crippen LogP contribution in [0.2, 0.25) is 0 Å². The molecule has 0 amide bonds. The number of hydrogen-bond donors (Lipinski definition) is 1. The zero-order valence-electron chi connectivity index (χ0n) is 12.0. The van der Waals surface area contributed by atoms with Crippen molar-refractivity contribution in [2.24, 2.45) is 5.92 Å². The van der Waals surface area contributed by atoms with Crippen LogP contribution in [-0.2, 0) is 19.4 Å². The summed E-state index contributed by atoms with van der Waals surface area (Å²) in [4.78, 5) is 9.02. The number of rotatable bonds is 4. The maximum Gasteiger partial charge on any atom is 0.107 e. The van der Waals surface area contributed by atoms with Gasteiger partial charge in [0.05, 0.1) is 12.2 Å². The molecule has 0 spiro atoms. The fraction of sp³-hybridized carbons (Fsp3) is 0.800. The molecule has 1 aromatic heterocycles. The maximum absolute atomic E-state index is 4.90. The van der Waals surface area contributed by atoms with Gasteiger partial charge in [0.1, 0.15) is 5.01 Å². The Kier molecular flexibility index (Phi) is 4.51. The summed E-state index contributed by atoms with van der Waals surface area (Å²) in [5, 5.41) is 4.76. The van der Waals surface area contributed by atoms with Crippen molar-refractivity contribution >= 4 is 11.3 Å². The van der Waals surface area contributed by atoms with Crippen molar-refractivity contribution in [3.63, 3.8) is 0 Å². The summed E-state index contributed by atoms with van der Waals surface area (Å²) >= 11 is 1.99. The Bertz CT molecular complexity index is 410. The van der Waals surface area contributed by atoms with Crippen LogP contribution in [0.1, 0.15) is 41.8 Å². The summed E-state index contributed by atoms with van der Waals surface area (Å²) < 4.78 is 0. The monoisotopic (exact) mass is 279 g/mol. The van der Waals surface area contributed by atoms with Crippen LogP contribution in [0.5, 0.6) is 0 Å². The molecule has 19 heavy (non-hydrogen) atoms. The molecular formula is C15H25N3S. The Hall–Kier alpha value is -0.450. The summed E-state index contributed by atoms with van der Waals surface area (Å²) in [6, 6.07) is 0. The number of aromatic nitrogens is 1. The normalized spacial score (nSPS) is 24.4. The Balaban J connectivity index is 1.62. The molecule has 1 N–H and O–H groups in total. The third kappa shape index (κ3) is 3.36. The predicted octanol–water partition coefficient (Wildman–Crippen LogP) is 2.45. The zero-order valence-corrected chi connectivity index (χ0v) is 12.8. The second kappa shape index (κ2) is 6.33. The highest BCUT2D eigenvalue weighted by Crippen LogP contribution is 2.32. The summed E-state index contributed by atoms with van der Waals surface area (Å²) in [7, 11) is 0. The first kappa shape index (κ1) is 13.5. The van der Waals surface area contributed by atoms with Crippen molar-refractivity contribution < 1.29 is 0 Å². The van der Waals surface area contributed by atoms with Gasteiger partial charge in [-0.15, -0.1) is 11.3 Å². The van der Waals surface area contributed by atoms with Gasteiger partial charge < -0.3 is 5.32 Å². The third-order valence-corrected chi connectivity index (χ3v) is 5.46. The molecule has 0 radical (unpaired) electrons. The lowest BCUT2D eigenvalue weighted by molar-refractivity contribution is 0.233. The smallest absolute Gasteiger partial charge is 0.107 e. The van der Waals surface area contributed by atoms with Gasteiger partial charge in [0.15, 0.2) is 0 Å². The summed E-state index contributed by atoms with van der Waals surface area (Å²) in [6.45, 7) is 7.97. The van der Waals surface area contributed by atoms with Crippen molar-refractivity contribution in [3.05, 3.63) is 15.6 Å². The van der Waals surface area contributed by atoms with Gasteiger partial charge in [-0.1, -0.05) is 19.8 Å². The number of piperazine rings is 1. The number of fused-ring (bicyclic) bond motifs is 1. The Morgan fingerprint density at radius 1 is 1.37 bits per heavy atom. The Morgan fingerprint density at radius 2 is 2.21 bits per heavy atom. The van der Waals surface area contributed by atoms with E-state index in [1.165, 1.54) is 55.9 Å². The van der Waals surface area contributed by atoms with Gasteiger partial charge in [-0.25, -0.2) is 4.98 Å². The van der Waals surface area contributed by atoms with Gasteiger partial charge in [-0.05, 0) is 25.2 Å². The minimum Gasteiger partial charge on any atom is -0.314 e. The molecule has 4 heteroatoms. The Morgan fingerprint density at radius 3 is 3.00 bits per heavy atom. The molecule has 2 aliphatic rings. The van der Waals surface area contributed by atoms with Gasteiger partial charge in [-0.2, -0.15) is 0 Å². The van der Waals surface area contributed by atoms with Gasteiger partial charge in [0.25, 0.3) is 0 Å². The first-order valence-corrected chi connectivity index (χ1v) is 8.57. The minimum atomic E-state index is 0.921. The van der Waals surface area contributed by atoms with E-state index in [0.29, 0.717) is 0 Å². The molecule has 0 aromatic carbocycles. The number of aryl methyl sites for hydroxylation is 1. The van der Waals surface area contributed by atoms with Crippen LogP contribution in [-0.4, -0.2) is 36.1 Å². The highest BCUT2D eigenvalue weighted by atomic mass is 32.1. The molecule has 1 atom stereocenters. The first-order valence-electron chi connectivity index (χ1n) is 7.75. The fourth-order valence-corrected chi connectivity index (χ4v) is 4.55. The molecule has 1 aliphatic heterocycles. The highest BCUT2D eigenvalue weighted by molar-refractivity contribution is 7.11. The topological polar surface area (TPSA) is 28.2 Å². The Labute approximate surface area is 120 Å². The third-order valence-electron chi connectivity index (χ3n) is 4.35. The predicted molar refractivity (Wildman–Crippen MR) is 80.7 cm³/mol. The van der Waals surface area contributed by atoms with Gasteiger partial charge >= 0.3 is 0 Å². The van der Waals surface area contributed by atoms with E-state index in [4.69, 9.17) is 4.98 Å². The van der Waals surface area contributed by atoms with Crippen molar-refractivity contribution in [1.29, 1.82) is 0 Å². The average Bonchev–Trinajstić information content (AvgIpc) is 2.82. The number of nitrogens with zero attached hydrogens (tertiary/aromatic N) is 2. The SMILES string of the molecule is CCCC1CCc2nc(CN3CCNCC3)sc2C1. The van der Waals surface area contributed by atoms with Crippen molar-refractivity contribution in [1.82, 2.24) is 15.2 Å². The lowest BCUT2D eigenvalue weighted by atomic mass is 9.88. The largest absolute Gasteiger partial charge is 0.314 e. The van der Waals surface area contributed by atoms with E-state index in [1.54, 1.807) is 4.88 Å². The summed E-state index contributed by atoms with van der Waals surface area (Å²) in [5.74, 6) is 0.921. The van der Waals surface area contributed by atoms with Gasteiger partial charge in [-0.3, -0.25) is 4.90 Å². The van der Waals surface area contributed by atoms with E-state index in [1.807, 2.05) is 11.3 Å². The fourth-order valence-electron chi connectivity index (χ4n) is 3.28. The molecule has 3 nitrogen and oxygen atoms in total. The second-order valence-electron chi connectivity index (χ2n) is 5.90. The molecule has 0 bridgehead atoms. The van der Waals surface area contributed by atoms with E-state index in [0.717, 1.165) is 25.6 Å². The van der Waals surface area contributed by atoms with E-state index in [-0.39, 0.29) is 0 Å². The van der Waals surface area contributed by atoms with Gasteiger partial charge in [0, 0.05) is 31.1 Å². The van der Waals surface area contributed by atoms with Crippen LogP contribution in [0, 0.1) is 5.92 Å². The van der Waals surface area contributed by atoms with Crippen LogP contribution in [0.25, 0.3) is 0 Å². The molecule has 1 aromatic rings. The van der Waals surface area contributed by atoms with Crippen LogP contribution in [0.3, 0.4) is 0 Å². The molecule has 1 unspecified atom stereocenters. The van der Waals surface area contributed by atoms with E-state index >= 15 is 0 Å². The average molecular weight is 279 g/mol. The molecule has 1 fully saturated rings. The van der Waals surface area contributed by atoms with E-state index in [9.17, 15) is 0 Å². The molecule has 1 aliphatic carbocycles. The van der Waals surface area contributed by atoms with E-state index < -0.39 is 0 Å². The number of nitrogens with one attached hydrogen (secondary N) is 1. The molecule has 3 rings (SSSR count). The van der Waals surface area contributed by atoms with Crippen LogP contribution >= 0.6 is 11.3 Å². The number of hydrogen-bond acceptors (Lipinski definition) is 4. The quantitative estimate of drug-likeness (QED) is 0.917. The lowest BCUT2D eigenvalue weighted by Crippen LogP contribution is -2.42. The summed E-state index contributed by atoms with van der Waals surface area (Å²) in [5.41, 5.74) is 1.42. The highest BCUT2D eigenvalue weighted by Gasteiger charge is 2.22. The minimum absolute atomic E-state index is 0.921.